The Morgan fingerprint density at radius 2 is 2.12 bits per heavy atom. The predicted octanol–water partition coefficient (Wildman–Crippen LogP) is 1.84. The van der Waals surface area contributed by atoms with Gasteiger partial charge in [0.2, 0.25) is 0 Å². The van der Waals surface area contributed by atoms with E-state index in [1.165, 1.54) is 6.07 Å². The Bertz CT molecular complexity index is 481. The van der Waals surface area contributed by atoms with E-state index in [0.717, 1.165) is 0 Å². The lowest BCUT2D eigenvalue weighted by Gasteiger charge is -2.08. The fraction of sp³-hybridized carbons (Fsp3) is 0.250. The maximum atomic E-state index is 13.3. The van der Waals surface area contributed by atoms with Gasteiger partial charge in [-0.15, -0.1) is 0 Å². The molecule has 1 aromatic carbocycles. The van der Waals surface area contributed by atoms with Crippen molar-refractivity contribution in [3.8, 4) is 0 Å². The van der Waals surface area contributed by atoms with E-state index in [1.54, 1.807) is 42.2 Å². The quantitative estimate of drug-likeness (QED) is 0.857. The number of hydrogen-bond donors (Lipinski definition) is 1. The molecule has 1 atom stereocenters. The van der Waals surface area contributed by atoms with Crippen molar-refractivity contribution in [1.82, 2.24) is 9.78 Å². The van der Waals surface area contributed by atoms with Crippen LogP contribution in [0.2, 0.25) is 0 Å². The Hall–Kier alpha value is -1.68. The second-order valence-electron chi connectivity index (χ2n) is 3.73. The molecule has 0 amide bonds. The highest BCUT2D eigenvalue weighted by atomic mass is 19.1. The number of hydrogen-bond acceptors (Lipinski definition) is 2. The van der Waals surface area contributed by atoms with Crippen molar-refractivity contribution in [1.29, 1.82) is 0 Å². The molecule has 0 fully saturated rings. The van der Waals surface area contributed by atoms with Gasteiger partial charge in [-0.25, -0.2) is 4.39 Å². The van der Waals surface area contributed by atoms with Crippen molar-refractivity contribution in [2.75, 3.05) is 0 Å². The van der Waals surface area contributed by atoms with Crippen molar-refractivity contribution in [3.63, 3.8) is 0 Å². The van der Waals surface area contributed by atoms with Gasteiger partial charge in [-0.1, -0.05) is 18.2 Å². The lowest BCUT2D eigenvalue weighted by molar-refractivity contribution is 0.171. The van der Waals surface area contributed by atoms with Crippen LogP contribution in [0, 0.1) is 5.82 Å². The van der Waals surface area contributed by atoms with Gasteiger partial charge >= 0.3 is 0 Å². The van der Waals surface area contributed by atoms with E-state index < -0.39 is 6.10 Å². The second kappa shape index (κ2) is 4.45. The number of nitrogens with zero attached hydrogens (tertiary/aromatic N) is 2. The van der Waals surface area contributed by atoms with Crippen LogP contribution in [-0.4, -0.2) is 14.9 Å². The van der Waals surface area contributed by atoms with Gasteiger partial charge in [-0.2, -0.15) is 5.10 Å². The van der Waals surface area contributed by atoms with Crippen LogP contribution in [-0.2, 0) is 13.5 Å². The molecule has 0 aliphatic carbocycles. The molecule has 0 saturated carbocycles. The molecular weight excluding hydrogens is 207 g/mol. The van der Waals surface area contributed by atoms with E-state index in [1.807, 2.05) is 0 Å². The van der Waals surface area contributed by atoms with Gasteiger partial charge in [-0.05, 0) is 17.7 Å². The first-order valence-electron chi connectivity index (χ1n) is 5.08. The van der Waals surface area contributed by atoms with Crippen molar-refractivity contribution in [3.05, 3.63) is 53.6 Å². The molecule has 0 aliphatic rings. The average molecular weight is 220 g/mol. The summed E-state index contributed by atoms with van der Waals surface area (Å²) in [6.07, 6.45) is 1.22. The minimum absolute atomic E-state index is 0.240. The third kappa shape index (κ3) is 2.28. The van der Waals surface area contributed by atoms with Crippen LogP contribution in [0.5, 0.6) is 0 Å². The third-order valence-electron chi connectivity index (χ3n) is 2.45. The Labute approximate surface area is 93.2 Å². The average Bonchev–Trinajstić information content (AvgIpc) is 2.68. The van der Waals surface area contributed by atoms with Gasteiger partial charge in [0.05, 0.1) is 5.69 Å². The van der Waals surface area contributed by atoms with Gasteiger partial charge in [0.1, 0.15) is 11.9 Å². The van der Waals surface area contributed by atoms with Crippen LogP contribution in [0.3, 0.4) is 0 Å². The minimum atomic E-state index is -0.766. The van der Waals surface area contributed by atoms with Crippen molar-refractivity contribution in [2.45, 2.75) is 12.5 Å². The highest BCUT2D eigenvalue weighted by Gasteiger charge is 2.13. The largest absolute Gasteiger partial charge is 0.386 e. The summed E-state index contributed by atoms with van der Waals surface area (Å²) in [6.45, 7) is 0. The molecule has 4 heteroatoms. The molecule has 0 spiro atoms. The van der Waals surface area contributed by atoms with Crippen molar-refractivity contribution < 1.29 is 9.50 Å². The number of benzene rings is 1. The summed E-state index contributed by atoms with van der Waals surface area (Å²) >= 11 is 0. The summed E-state index contributed by atoms with van der Waals surface area (Å²) in [5.41, 5.74) is 1.06. The number of aryl methyl sites for hydroxylation is 1. The number of aliphatic hydroxyl groups excluding tert-OH is 1. The van der Waals surface area contributed by atoms with Gasteiger partial charge < -0.3 is 5.11 Å². The van der Waals surface area contributed by atoms with Gasteiger partial charge in [0, 0.05) is 19.7 Å². The fourth-order valence-corrected chi connectivity index (χ4v) is 1.59. The minimum Gasteiger partial charge on any atom is -0.386 e. The molecule has 1 aromatic heterocycles. The monoisotopic (exact) mass is 220 g/mol. The van der Waals surface area contributed by atoms with E-state index in [4.69, 9.17) is 0 Å². The Kier molecular flexibility index (Phi) is 3.01. The van der Waals surface area contributed by atoms with E-state index in [9.17, 15) is 9.50 Å². The van der Waals surface area contributed by atoms with Crippen LogP contribution in [0.25, 0.3) is 0 Å². The van der Waals surface area contributed by atoms with Crippen LogP contribution in [0.4, 0.5) is 4.39 Å². The van der Waals surface area contributed by atoms with Crippen LogP contribution >= 0.6 is 0 Å². The molecule has 2 rings (SSSR count). The normalized spacial score (nSPS) is 12.7. The van der Waals surface area contributed by atoms with Crippen molar-refractivity contribution >= 4 is 0 Å². The first-order chi connectivity index (χ1) is 7.66. The Morgan fingerprint density at radius 3 is 2.75 bits per heavy atom. The summed E-state index contributed by atoms with van der Waals surface area (Å²) in [5.74, 6) is -0.294. The Balaban J connectivity index is 2.13. The highest BCUT2D eigenvalue weighted by molar-refractivity contribution is 5.19. The smallest absolute Gasteiger partial charge is 0.126 e. The summed E-state index contributed by atoms with van der Waals surface area (Å²) < 4.78 is 14.9. The van der Waals surface area contributed by atoms with Crippen molar-refractivity contribution in [2.24, 2.45) is 7.05 Å². The molecule has 0 bridgehead atoms. The molecule has 1 unspecified atom stereocenters. The molecule has 16 heavy (non-hydrogen) atoms. The van der Waals surface area contributed by atoms with Crippen LogP contribution < -0.4 is 0 Å². The lowest BCUT2D eigenvalue weighted by Crippen LogP contribution is -2.05. The molecule has 84 valence electrons. The maximum absolute atomic E-state index is 13.3. The van der Waals surface area contributed by atoms with Crippen LogP contribution in [0.1, 0.15) is 17.4 Å². The standard InChI is InChI=1S/C12H13FN2O/c1-15-7-6-11(14-15)12(16)8-9-4-2-3-5-10(9)13/h2-7,12,16H,8H2,1H3. The number of rotatable bonds is 3. The summed E-state index contributed by atoms with van der Waals surface area (Å²) in [4.78, 5) is 0. The topological polar surface area (TPSA) is 38.0 Å². The summed E-state index contributed by atoms with van der Waals surface area (Å²) in [5, 5.41) is 13.9. The molecule has 2 aromatic rings. The molecule has 3 nitrogen and oxygen atoms in total. The van der Waals surface area contributed by atoms with E-state index in [2.05, 4.69) is 5.10 Å². The fourth-order valence-electron chi connectivity index (χ4n) is 1.59. The molecular formula is C12H13FN2O. The number of aromatic nitrogens is 2. The number of halogens is 1. The summed E-state index contributed by atoms with van der Waals surface area (Å²) in [7, 11) is 1.78. The molecule has 0 saturated heterocycles. The summed E-state index contributed by atoms with van der Waals surface area (Å²) in [6, 6.07) is 8.17. The highest BCUT2D eigenvalue weighted by Crippen LogP contribution is 2.18. The van der Waals surface area contributed by atoms with Gasteiger partial charge in [-0.3, -0.25) is 4.68 Å². The van der Waals surface area contributed by atoms with E-state index in [0.29, 0.717) is 11.3 Å². The first-order valence-corrected chi connectivity index (χ1v) is 5.08. The third-order valence-corrected chi connectivity index (χ3v) is 2.45. The predicted molar refractivity (Wildman–Crippen MR) is 58.3 cm³/mol. The second-order valence-corrected chi connectivity index (χ2v) is 3.73. The zero-order valence-electron chi connectivity index (χ0n) is 8.97. The molecule has 1 N–H and O–H groups in total. The first kappa shape index (κ1) is 10.8. The zero-order valence-corrected chi connectivity index (χ0v) is 8.97. The van der Waals surface area contributed by atoms with Gasteiger partial charge in [0.15, 0.2) is 0 Å². The Morgan fingerprint density at radius 1 is 1.38 bits per heavy atom. The number of aliphatic hydroxyl groups is 1. The van der Waals surface area contributed by atoms with E-state index >= 15 is 0 Å². The van der Waals surface area contributed by atoms with E-state index in [-0.39, 0.29) is 12.2 Å². The lowest BCUT2D eigenvalue weighted by atomic mass is 10.1. The maximum Gasteiger partial charge on any atom is 0.126 e. The van der Waals surface area contributed by atoms with Crippen LogP contribution in [0.15, 0.2) is 36.5 Å². The van der Waals surface area contributed by atoms with Gasteiger partial charge in [0.25, 0.3) is 0 Å². The zero-order chi connectivity index (χ0) is 11.5. The molecule has 0 radical (unpaired) electrons. The molecule has 0 aliphatic heterocycles. The SMILES string of the molecule is Cn1ccc(C(O)Cc2ccccc2F)n1. The molecule has 1 heterocycles.